The molecular formula is C9H21N3O4S. The molecule has 0 aliphatic heterocycles. The molecule has 0 aromatic carbocycles. The van der Waals surface area contributed by atoms with Crippen molar-refractivity contribution in [3.63, 3.8) is 0 Å². The number of sulfonamides is 1. The van der Waals surface area contributed by atoms with Gasteiger partial charge in [-0.1, -0.05) is 0 Å². The fourth-order valence-electron chi connectivity index (χ4n) is 1.10. The highest BCUT2D eigenvalue weighted by Gasteiger charge is 2.16. The average molecular weight is 267 g/mol. The molecule has 0 aromatic rings. The molecule has 8 heteroatoms. The lowest BCUT2D eigenvalue weighted by Gasteiger charge is -2.11. The van der Waals surface area contributed by atoms with Crippen LogP contribution in [0.1, 0.15) is 12.8 Å². The summed E-state index contributed by atoms with van der Waals surface area (Å²) < 4.78 is 25.3. The predicted molar refractivity (Wildman–Crippen MR) is 65.2 cm³/mol. The molecule has 0 amide bonds. The molecular weight excluding hydrogens is 246 g/mol. The van der Waals surface area contributed by atoms with Crippen molar-refractivity contribution in [2.75, 3.05) is 32.9 Å². The van der Waals surface area contributed by atoms with Gasteiger partial charge < -0.3 is 15.7 Å². The number of carbonyl (C=O) groups is 1. The molecule has 0 fully saturated rings. The lowest BCUT2D eigenvalue weighted by molar-refractivity contribution is -0.138. The molecule has 0 aliphatic rings. The van der Waals surface area contributed by atoms with Crippen molar-refractivity contribution in [3.05, 3.63) is 0 Å². The van der Waals surface area contributed by atoms with E-state index in [9.17, 15) is 13.2 Å². The summed E-state index contributed by atoms with van der Waals surface area (Å²) in [5.74, 6) is -1.45. The first-order valence-electron chi connectivity index (χ1n) is 5.35. The Morgan fingerprint density at radius 1 is 1.47 bits per heavy atom. The topological polar surface area (TPSA) is 113 Å². The molecule has 0 rings (SSSR count). The SMILES string of the molecule is CN(C)CCCNS(=O)(=O)CC[C@H](N)C(=O)O. The van der Waals surface area contributed by atoms with Crippen LogP contribution < -0.4 is 10.5 Å². The van der Waals surface area contributed by atoms with Crippen LogP contribution in [0.4, 0.5) is 0 Å². The van der Waals surface area contributed by atoms with Crippen LogP contribution in [0.25, 0.3) is 0 Å². The Balaban J connectivity index is 3.85. The van der Waals surface area contributed by atoms with Gasteiger partial charge in [-0.3, -0.25) is 4.79 Å². The molecule has 102 valence electrons. The van der Waals surface area contributed by atoms with Crippen LogP contribution >= 0.6 is 0 Å². The minimum atomic E-state index is -3.42. The Kier molecular flexibility index (Phi) is 7.28. The van der Waals surface area contributed by atoms with Crippen LogP contribution in [0.3, 0.4) is 0 Å². The molecule has 0 heterocycles. The van der Waals surface area contributed by atoms with Gasteiger partial charge >= 0.3 is 5.97 Å². The number of nitrogens with one attached hydrogen (secondary N) is 1. The average Bonchev–Trinajstić information content (AvgIpc) is 2.21. The van der Waals surface area contributed by atoms with Gasteiger partial charge in [0.25, 0.3) is 0 Å². The number of nitrogens with zero attached hydrogens (tertiary/aromatic N) is 1. The van der Waals surface area contributed by atoms with Gasteiger partial charge in [-0.2, -0.15) is 0 Å². The number of carboxylic acid groups (broad SMARTS) is 1. The molecule has 0 saturated heterocycles. The minimum Gasteiger partial charge on any atom is -0.480 e. The van der Waals surface area contributed by atoms with Crippen molar-refractivity contribution < 1.29 is 18.3 Å². The lowest BCUT2D eigenvalue weighted by atomic mass is 10.2. The van der Waals surface area contributed by atoms with Gasteiger partial charge in [-0.15, -0.1) is 0 Å². The quantitative estimate of drug-likeness (QED) is 0.446. The maximum absolute atomic E-state index is 11.4. The lowest BCUT2D eigenvalue weighted by Crippen LogP contribution is -2.35. The third-order valence-corrected chi connectivity index (χ3v) is 3.54. The van der Waals surface area contributed by atoms with E-state index in [2.05, 4.69) is 4.72 Å². The van der Waals surface area contributed by atoms with Crippen LogP contribution in [0.2, 0.25) is 0 Å². The van der Waals surface area contributed by atoms with E-state index < -0.39 is 22.0 Å². The van der Waals surface area contributed by atoms with Gasteiger partial charge in [0.15, 0.2) is 0 Å². The minimum absolute atomic E-state index is 0.0850. The first kappa shape index (κ1) is 16.3. The monoisotopic (exact) mass is 267 g/mol. The molecule has 0 aliphatic carbocycles. The first-order valence-corrected chi connectivity index (χ1v) is 7.00. The van der Waals surface area contributed by atoms with E-state index in [0.29, 0.717) is 13.0 Å². The fraction of sp³-hybridized carbons (Fsp3) is 0.889. The van der Waals surface area contributed by atoms with Crippen LogP contribution in [0.5, 0.6) is 0 Å². The molecule has 0 bridgehead atoms. The molecule has 7 nitrogen and oxygen atoms in total. The molecule has 0 spiro atoms. The number of hydrogen-bond acceptors (Lipinski definition) is 5. The van der Waals surface area contributed by atoms with Crippen molar-refractivity contribution in [1.29, 1.82) is 0 Å². The van der Waals surface area contributed by atoms with Crippen LogP contribution in [0.15, 0.2) is 0 Å². The number of aliphatic carboxylic acids is 1. The van der Waals surface area contributed by atoms with Gasteiger partial charge in [-0.25, -0.2) is 13.1 Å². The molecule has 4 N–H and O–H groups in total. The maximum atomic E-state index is 11.4. The van der Waals surface area contributed by atoms with Crippen molar-refractivity contribution in [2.24, 2.45) is 5.73 Å². The summed E-state index contributed by atoms with van der Waals surface area (Å²) >= 11 is 0. The van der Waals surface area contributed by atoms with Gasteiger partial charge in [0.2, 0.25) is 10.0 Å². The standard InChI is InChI=1S/C9H21N3O4S/c1-12(2)6-3-5-11-17(15,16)7-4-8(10)9(13)14/h8,11H,3-7,10H2,1-2H3,(H,13,14)/t8-/m0/s1. The van der Waals surface area contributed by atoms with Crippen LogP contribution in [0, 0.1) is 0 Å². The van der Waals surface area contributed by atoms with Gasteiger partial charge in [-0.05, 0) is 33.5 Å². The third kappa shape index (κ3) is 9.04. The summed E-state index contributed by atoms with van der Waals surface area (Å²) in [6.07, 6.45) is 0.621. The normalized spacial score (nSPS) is 13.9. The van der Waals surface area contributed by atoms with Crippen LogP contribution in [-0.2, 0) is 14.8 Å². The van der Waals surface area contributed by atoms with E-state index in [-0.39, 0.29) is 12.2 Å². The highest BCUT2D eigenvalue weighted by Crippen LogP contribution is 1.95. The van der Waals surface area contributed by atoms with Crippen molar-refractivity contribution in [2.45, 2.75) is 18.9 Å². The van der Waals surface area contributed by atoms with E-state index in [4.69, 9.17) is 10.8 Å². The summed E-state index contributed by atoms with van der Waals surface area (Å²) in [5, 5.41) is 8.51. The first-order chi connectivity index (χ1) is 7.74. The summed E-state index contributed by atoms with van der Waals surface area (Å²) in [5.41, 5.74) is 5.22. The molecule has 17 heavy (non-hydrogen) atoms. The Morgan fingerprint density at radius 2 is 2.06 bits per heavy atom. The highest BCUT2D eigenvalue weighted by molar-refractivity contribution is 7.89. The largest absolute Gasteiger partial charge is 0.480 e. The van der Waals surface area contributed by atoms with Crippen molar-refractivity contribution >= 4 is 16.0 Å². The number of nitrogens with two attached hydrogens (primary N) is 1. The Morgan fingerprint density at radius 3 is 2.53 bits per heavy atom. The second-order valence-corrected chi connectivity index (χ2v) is 6.03. The molecule has 0 saturated carbocycles. The van der Waals surface area contributed by atoms with E-state index in [1.54, 1.807) is 0 Å². The third-order valence-electron chi connectivity index (χ3n) is 2.12. The Labute approximate surface area is 102 Å². The molecule has 0 radical (unpaired) electrons. The summed E-state index contributed by atoms with van der Waals surface area (Å²) in [6, 6.07) is -1.13. The van der Waals surface area contributed by atoms with Crippen molar-refractivity contribution in [1.82, 2.24) is 9.62 Å². The van der Waals surface area contributed by atoms with E-state index in [1.807, 2.05) is 19.0 Å². The maximum Gasteiger partial charge on any atom is 0.320 e. The van der Waals surface area contributed by atoms with Gasteiger partial charge in [0, 0.05) is 6.54 Å². The van der Waals surface area contributed by atoms with Gasteiger partial charge in [0.1, 0.15) is 6.04 Å². The zero-order valence-corrected chi connectivity index (χ0v) is 11.0. The Bertz CT molecular complexity index is 329. The molecule has 1 atom stereocenters. The second kappa shape index (κ2) is 7.59. The summed E-state index contributed by atoms with van der Waals surface area (Å²) in [6.45, 7) is 1.14. The molecule has 0 aromatic heterocycles. The Hall–Kier alpha value is -0.700. The van der Waals surface area contributed by atoms with Gasteiger partial charge in [0.05, 0.1) is 5.75 Å². The number of carboxylic acids is 1. The predicted octanol–water partition coefficient (Wildman–Crippen LogP) is -1.34. The van der Waals surface area contributed by atoms with E-state index in [1.165, 1.54) is 0 Å². The zero-order valence-electron chi connectivity index (χ0n) is 10.2. The number of rotatable bonds is 9. The fourth-order valence-corrected chi connectivity index (χ4v) is 2.26. The number of hydrogen-bond donors (Lipinski definition) is 3. The van der Waals surface area contributed by atoms with Crippen molar-refractivity contribution in [3.8, 4) is 0 Å². The molecule has 0 unspecified atom stereocenters. The summed E-state index contributed by atoms with van der Waals surface area (Å²) in [4.78, 5) is 12.4. The zero-order chi connectivity index (χ0) is 13.5. The van der Waals surface area contributed by atoms with E-state index >= 15 is 0 Å². The van der Waals surface area contributed by atoms with Crippen LogP contribution in [-0.4, -0.2) is 63.4 Å². The second-order valence-electron chi connectivity index (χ2n) is 4.10. The highest BCUT2D eigenvalue weighted by atomic mass is 32.2. The van der Waals surface area contributed by atoms with E-state index in [0.717, 1.165) is 6.54 Å². The smallest absolute Gasteiger partial charge is 0.320 e. The summed E-state index contributed by atoms with van der Waals surface area (Å²) in [7, 11) is 0.386.